The van der Waals surface area contributed by atoms with Crippen molar-refractivity contribution >= 4 is 21.8 Å². The van der Waals surface area contributed by atoms with Crippen molar-refractivity contribution in [2.75, 3.05) is 10.5 Å². The third kappa shape index (κ3) is 4.72. The maximum Gasteiger partial charge on any atom is 0.389 e. The Morgan fingerprint density at radius 2 is 2.10 bits per heavy atom. The highest BCUT2D eigenvalue weighted by atomic mass is 32.2. The van der Waals surface area contributed by atoms with Gasteiger partial charge in [0, 0.05) is 13.5 Å². The standard InChI is InChI=1S/C9H12F3N3O4S/c1-15-7(6(5-13-15)8(16)17)14-20(18,19)4-2-3-9(10,11)12/h5,14H,2-4H2,1H3,(H,16,17). The van der Waals surface area contributed by atoms with Gasteiger partial charge in [-0.1, -0.05) is 0 Å². The summed E-state index contributed by atoms with van der Waals surface area (Å²) in [6.07, 6.45) is -5.34. The molecule has 0 aliphatic heterocycles. The third-order valence-electron chi connectivity index (χ3n) is 2.29. The molecule has 7 nitrogen and oxygen atoms in total. The molecule has 0 aliphatic rings. The number of halogens is 3. The average molecular weight is 315 g/mol. The van der Waals surface area contributed by atoms with E-state index in [1.54, 1.807) is 0 Å². The van der Waals surface area contributed by atoms with E-state index in [1.807, 2.05) is 4.72 Å². The van der Waals surface area contributed by atoms with Crippen molar-refractivity contribution < 1.29 is 31.5 Å². The van der Waals surface area contributed by atoms with Crippen molar-refractivity contribution in [3.8, 4) is 0 Å². The number of carbonyl (C=O) groups is 1. The lowest BCUT2D eigenvalue weighted by Gasteiger charge is -2.10. The van der Waals surface area contributed by atoms with Crippen molar-refractivity contribution in [2.45, 2.75) is 19.0 Å². The number of aryl methyl sites for hydroxylation is 1. The zero-order valence-electron chi connectivity index (χ0n) is 10.3. The molecule has 1 rings (SSSR count). The lowest BCUT2D eigenvalue weighted by molar-refractivity contribution is -0.134. The molecule has 1 aromatic heterocycles. The molecule has 1 heterocycles. The molecule has 1 aromatic rings. The fourth-order valence-corrected chi connectivity index (χ4v) is 2.54. The molecule has 114 valence electrons. The number of aromatic nitrogens is 2. The Bertz CT molecular complexity index is 594. The molecule has 0 atom stereocenters. The number of nitrogens with zero attached hydrogens (tertiary/aromatic N) is 2. The lowest BCUT2D eigenvalue weighted by atomic mass is 10.3. The maximum absolute atomic E-state index is 11.9. The van der Waals surface area contributed by atoms with Gasteiger partial charge < -0.3 is 5.11 Å². The van der Waals surface area contributed by atoms with Crippen molar-refractivity contribution in [1.29, 1.82) is 0 Å². The molecule has 0 fully saturated rings. The number of sulfonamides is 1. The van der Waals surface area contributed by atoms with Crippen LogP contribution in [0.2, 0.25) is 0 Å². The molecule has 0 amide bonds. The largest absolute Gasteiger partial charge is 0.477 e. The summed E-state index contributed by atoms with van der Waals surface area (Å²) in [7, 11) is -2.77. The highest BCUT2D eigenvalue weighted by Crippen LogP contribution is 2.22. The summed E-state index contributed by atoms with van der Waals surface area (Å²) < 4.78 is 61.9. The number of carboxylic acids is 1. The first-order valence-corrected chi connectivity index (χ1v) is 6.99. The molecular formula is C9H12F3N3O4S. The molecule has 0 aromatic carbocycles. The Hall–Kier alpha value is -1.78. The van der Waals surface area contributed by atoms with Crippen LogP contribution >= 0.6 is 0 Å². The number of anilines is 1. The average Bonchev–Trinajstić information content (AvgIpc) is 2.57. The van der Waals surface area contributed by atoms with Gasteiger partial charge in [0.15, 0.2) is 5.82 Å². The molecule has 0 spiro atoms. The molecule has 0 saturated heterocycles. The zero-order valence-corrected chi connectivity index (χ0v) is 11.1. The fraction of sp³-hybridized carbons (Fsp3) is 0.556. The second-order valence-corrected chi connectivity index (χ2v) is 5.82. The maximum atomic E-state index is 11.9. The van der Waals surface area contributed by atoms with E-state index in [1.165, 1.54) is 7.05 Å². The van der Waals surface area contributed by atoms with Crippen molar-refractivity contribution in [3.63, 3.8) is 0 Å². The summed E-state index contributed by atoms with van der Waals surface area (Å²) in [5.74, 6) is -2.47. The predicted octanol–water partition coefficient (Wildman–Crippen LogP) is 1.20. The van der Waals surface area contributed by atoms with Crippen LogP contribution in [0.3, 0.4) is 0 Å². The Kier molecular flexibility index (Phi) is 4.63. The number of aromatic carboxylic acids is 1. The van der Waals surface area contributed by atoms with Crippen molar-refractivity contribution in [2.24, 2.45) is 7.05 Å². The SMILES string of the molecule is Cn1ncc(C(=O)O)c1NS(=O)(=O)CCCC(F)(F)F. The molecule has 11 heteroatoms. The molecular weight excluding hydrogens is 303 g/mol. The number of hydrogen-bond donors (Lipinski definition) is 2. The van der Waals surface area contributed by atoms with Crippen LogP contribution < -0.4 is 4.72 Å². The van der Waals surface area contributed by atoms with Gasteiger partial charge in [-0.3, -0.25) is 9.40 Å². The van der Waals surface area contributed by atoms with Gasteiger partial charge >= 0.3 is 12.1 Å². The molecule has 0 aliphatic carbocycles. The summed E-state index contributed by atoms with van der Waals surface area (Å²) >= 11 is 0. The normalized spacial score (nSPS) is 12.4. The van der Waals surface area contributed by atoms with E-state index in [0.29, 0.717) is 0 Å². The number of hydrogen-bond acceptors (Lipinski definition) is 4. The molecule has 0 saturated carbocycles. The van der Waals surface area contributed by atoms with Gasteiger partial charge in [-0.15, -0.1) is 0 Å². The Balaban J connectivity index is 2.77. The van der Waals surface area contributed by atoms with Crippen LogP contribution in [-0.4, -0.2) is 41.2 Å². The van der Waals surface area contributed by atoms with Gasteiger partial charge in [-0.2, -0.15) is 18.3 Å². The summed E-state index contributed by atoms with van der Waals surface area (Å²) in [6, 6.07) is 0. The highest BCUT2D eigenvalue weighted by Gasteiger charge is 2.28. The van der Waals surface area contributed by atoms with E-state index in [9.17, 15) is 26.4 Å². The Labute approximate surface area is 112 Å². The van der Waals surface area contributed by atoms with E-state index in [2.05, 4.69) is 5.10 Å². The summed E-state index contributed by atoms with van der Waals surface area (Å²) in [6.45, 7) is 0. The first kappa shape index (κ1) is 16.3. The number of alkyl halides is 3. The van der Waals surface area contributed by atoms with Gasteiger partial charge in [-0.25, -0.2) is 13.2 Å². The molecule has 2 N–H and O–H groups in total. The van der Waals surface area contributed by atoms with E-state index in [4.69, 9.17) is 5.11 Å². The van der Waals surface area contributed by atoms with Crippen LogP contribution in [0.15, 0.2) is 6.20 Å². The molecule has 20 heavy (non-hydrogen) atoms. The van der Waals surface area contributed by atoms with Crippen LogP contribution in [0.1, 0.15) is 23.2 Å². The van der Waals surface area contributed by atoms with Crippen LogP contribution in [-0.2, 0) is 17.1 Å². The van der Waals surface area contributed by atoms with Crippen LogP contribution in [0.25, 0.3) is 0 Å². The first-order chi connectivity index (χ1) is 9.02. The molecule has 0 unspecified atom stereocenters. The monoisotopic (exact) mass is 315 g/mol. The fourth-order valence-electron chi connectivity index (χ4n) is 1.38. The number of carboxylic acid groups (broad SMARTS) is 1. The van der Waals surface area contributed by atoms with Crippen LogP contribution in [0.5, 0.6) is 0 Å². The van der Waals surface area contributed by atoms with Crippen LogP contribution in [0.4, 0.5) is 19.0 Å². The second-order valence-electron chi connectivity index (χ2n) is 3.98. The lowest BCUT2D eigenvalue weighted by Crippen LogP contribution is -2.21. The second kappa shape index (κ2) is 5.69. The zero-order chi connectivity index (χ0) is 15.6. The van der Waals surface area contributed by atoms with Crippen LogP contribution in [0, 0.1) is 0 Å². The quantitative estimate of drug-likeness (QED) is 0.821. The first-order valence-electron chi connectivity index (χ1n) is 5.34. The van der Waals surface area contributed by atoms with Crippen molar-refractivity contribution in [1.82, 2.24) is 9.78 Å². The Morgan fingerprint density at radius 3 is 2.60 bits per heavy atom. The minimum absolute atomic E-state index is 0.301. The van der Waals surface area contributed by atoms with Crippen molar-refractivity contribution in [3.05, 3.63) is 11.8 Å². The Morgan fingerprint density at radius 1 is 1.50 bits per heavy atom. The smallest absolute Gasteiger partial charge is 0.389 e. The van der Waals surface area contributed by atoms with Gasteiger partial charge in [0.2, 0.25) is 10.0 Å². The molecule has 0 bridgehead atoms. The van der Waals surface area contributed by atoms with E-state index < -0.39 is 40.8 Å². The topological polar surface area (TPSA) is 101 Å². The summed E-state index contributed by atoms with van der Waals surface area (Å²) in [5, 5.41) is 12.4. The van der Waals surface area contributed by atoms with E-state index in [0.717, 1.165) is 10.9 Å². The van der Waals surface area contributed by atoms with E-state index in [-0.39, 0.29) is 11.4 Å². The summed E-state index contributed by atoms with van der Waals surface area (Å²) in [5.41, 5.74) is -0.383. The highest BCUT2D eigenvalue weighted by molar-refractivity contribution is 7.92. The predicted molar refractivity (Wildman–Crippen MR) is 62.9 cm³/mol. The third-order valence-corrected chi connectivity index (χ3v) is 3.63. The van der Waals surface area contributed by atoms with E-state index >= 15 is 0 Å². The number of nitrogens with one attached hydrogen (secondary N) is 1. The van der Waals surface area contributed by atoms with Gasteiger partial charge in [0.25, 0.3) is 0 Å². The van der Waals surface area contributed by atoms with Gasteiger partial charge in [0.1, 0.15) is 5.56 Å². The minimum atomic E-state index is -4.44. The summed E-state index contributed by atoms with van der Waals surface area (Å²) in [4.78, 5) is 10.8. The van der Waals surface area contributed by atoms with Gasteiger partial charge in [-0.05, 0) is 6.42 Å². The molecule has 0 radical (unpaired) electrons. The van der Waals surface area contributed by atoms with Gasteiger partial charge in [0.05, 0.1) is 11.9 Å². The minimum Gasteiger partial charge on any atom is -0.477 e. The number of rotatable bonds is 6.